The van der Waals surface area contributed by atoms with Crippen LogP contribution in [-0.2, 0) is 95.0 Å². The second kappa shape index (κ2) is 41.1. The van der Waals surface area contributed by atoms with Crippen LogP contribution in [0.25, 0.3) is 0 Å². The van der Waals surface area contributed by atoms with Gasteiger partial charge in [-0.2, -0.15) is 0 Å². The summed E-state index contributed by atoms with van der Waals surface area (Å²) in [4.78, 5) is 50.8. The van der Waals surface area contributed by atoms with Crippen molar-refractivity contribution in [3.8, 4) is 0 Å². The number of nitrogens with one attached hydrogen (secondary N) is 4. The highest BCUT2D eigenvalue weighted by molar-refractivity contribution is 5.74. The fraction of sp³-hybridized carbons (Fsp3) is 0.935. The van der Waals surface area contributed by atoms with E-state index in [-0.39, 0.29) is 0 Å². The third-order valence-electron chi connectivity index (χ3n) is 20.0. The molecule has 0 unspecified atom stereocenters. The molecule has 0 aromatic carbocycles. The summed E-state index contributed by atoms with van der Waals surface area (Å²) in [5.74, 6) is -3.67. The SMILES string of the molecule is CC(=O)N[C@H]1[C@H](O[C@@H]([C@H](O)[C@H](CO)NC(C)=O)[C@H](O)CO[C@@H]2O[C@@H](C)[C@@H](O)[C@@H](O)[C@@H]2O)O[C@H](CO)[C@@H](O[C@@H]2O[C@H](CO[C@H]3O[C@H](CO)[C@@H](O)[C@H](O)[C@@H]3O[C@@H]3O[C@H](CO)[C@@H](O[C@@H]4O[C@H](CO)[C@H](O)[C@H](O)[C@H]4O)[C@H](O)[C@H]3NC(C)=O)[C@@H](O)[C@H](O[C@H]3O[C@H](CO)[C@@H](O)[C@H](O)[C@@H]3O[C@@H]3O[C@H](CO)[C@@H](O)[C@H](O)[C@H]3NC(C)=O)[C@@H]2O)[C@@H]1O. The molecule has 0 aromatic rings. The molecule has 8 heterocycles. The predicted octanol–water partition coefficient (Wildman–Crippen LogP) is -19.4. The van der Waals surface area contributed by atoms with Gasteiger partial charge in [0.25, 0.3) is 0 Å². The van der Waals surface area contributed by atoms with Crippen molar-refractivity contribution in [2.75, 3.05) is 59.5 Å². The number of aliphatic hydroxyl groups excluding tert-OH is 25. The lowest BCUT2D eigenvalue weighted by molar-refractivity contribution is -0.396. The van der Waals surface area contributed by atoms with Crippen LogP contribution in [0.2, 0.25) is 0 Å². The second-order valence-electron chi connectivity index (χ2n) is 28.0. The summed E-state index contributed by atoms with van der Waals surface area (Å²) < 4.78 is 94.4. The highest BCUT2D eigenvalue weighted by Crippen LogP contribution is 2.39. The summed E-state index contributed by atoms with van der Waals surface area (Å²) in [6.45, 7) is -4.83. The molecule has 8 aliphatic rings. The maximum atomic E-state index is 13.1. The molecule has 8 rings (SSSR count). The Morgan fingerprint density at radius 1 is 0.333 bits per heavy atom. The van der Waals surface area contributed by atoms with E-state index in [1.807, 2.05) is 0 Å². The minimum atomic E-state index is -2.57. The standard InChI is InChI=1S/C62H106N4O45/c1-15-32(79)42(89)46(93)58(98-15)96-13-21(78)49(33(80)20(6-67)63-16(2)74)106-56-30(65-18(4)76)40(87)51(27(12-73)103-56)108-60-48(95)52(109-62-54(45(92)37(84)25(10-71)102-62)111-55-29(64-17(3)75)39(86)34(81)22(7-68)99-55)38(85)28(105-60)14-97-61-53(44(91)36(83)24(9-70)101-61)110-57-31(66-19(5)77)41(88)50(26(11-72)104-57)107-59-47(94)43(90)35(82)23(8-69)100-59/h15,20-62,67-73,78-95H,6-14H2,1-5H3,(H,63,74)(H,64,75)(H,65,76)(H,66,77)/t15-,20-,21+,22+,23+,24+,25+,26+,27+,28+,29+,30+,31+,32+,33+,34+,35-,36+,37+,38+,39+,40+,41+,42+,43-,44-,45-,46-,47+,48-,49+,50+,51+,52-,53-,54-,55-,56-,57-,58+,59-,60-,61-,62+/m0/s1. The summed E-state index contributed by atoms with van der Waals surface area (Å²) in [7, 11) is 0. The largest absolute Gasteiger partial charge is 0.394 e. The Kier molecular flexibility index (Phi) is 34.3. The van der Waals surface area contributed by atoms with Crippen molar-refractivity contribution in [2.24, 2.45) is 0 Å². The van der Waals surface area contributed by atoms with Gasteiger partial charge in [-0.05, 0) is 6.92 Å². The Hall–Kier alpha value is -3.76. The number of carbonyl (C=O) groups excluding carboxylic acids is 4. The number of carbonyl (C=O) groups is 4. The van der Waals surface area contributed by atoms with Crippen molar-refractivity contribution in [3.63, 3.8) is 0 Å². The lowest BCUT2D eigenvalue weighted by atomic mass is 9.94. The first kappa shape index (κ1) is 92.7. The maximum Gasteiger partial charge on any atom is 0.217 e. The van der Waals surface area contributed by atoms with Crippen LogP contribution < -0.4 is 21.3 Å². The minimum absolute atomic E-state index is 0.852. The fourth-order valence-electron chi connectivity index (χ4n) is 13.9. The van der Waals surface area contributed by atoms with Gasteiger partial charge in [-0.25, -0.2) is 0 Å². The molecule has 0 aromatic heterocycles. The molecule has 49 heteroatoms. The molecule has 111 heavy (non-hydrogen) atoms. The van der Waals surface area contributed by atoms with Gasteiger partial charge >= 0.3 is 0 Å². The van der Waals surface area contributed by atoms with Crippen LogP contribution in [0.5, 0.6) is 0 Å². The highest BCUT2D eigenvalue weighted by atomic mass is 16.8. The number of hydrogen-bond donors (Lipinski definition) is 29. The molecule has 8 saturated heterocycles. The summed E-state index contributed by atoms with van der Waals surface area (Å²) in [6, 6.07) is -7.47. The molecule has 8 aliphatic heterocycles. The van der Waals surface area contributed by atoms with E-state index in [0.29, 0.717) is 0 Å². The van der Waals surface area contributed by atoms with Crippen molar-refractivity contribution in [2.45, 2.75) is 304 Å². The van der Waals surface area contributed by atoms with E-state index in [9.17, 15) is 147 Å². The Balaban J connectivity index is 1.14. The zero-order chi connectivity index (χ0) is 82.2. The molecule has 0 bridgehead atoms. The first-order valence-corrected chi connectivity index (χ1v) is 35.4. The van der Waals surface area contributed by atoms with Gasteiger partial charge in [-0.15, -0.1) is 0 Å². The molecule has 29 N–H and O–H groups in total. The molecule has 4 amide bonds. The Morgan fingerprint density at radius 3 is 1.18 bits per heavy atom. The van der Waals surface area contributed by atoms with Crippen LogP contribution in [-0.4, -0.2) is 481 Å². The minimum Gasteiger partial charge on any atom is -0.394 e. The number of ether oxygens (including phenoxy) is 16. The molecule has 0 radical (unpaired) electrons. The maximum absolute atomic E-state index is 13.1. The zero-order valence-electron chi connectivity index (χ0n) is 60.1. The topological polar surface area (TPSA) is 770 Å². The molecule has 0 saturated carbocycles. The van der Waals surface area contributed by atoms with Crippen LogP contribution in [0.3, 0.4) is 0 Å². The number of hydrogen-bond acceptors (Lipinski definition) is 45. The number of amides is 4. The fourth-order valence-corrected chi connectivity index (χ4v) is 13.9. The third-order valence-corrected chi connectivity index (χ3v) is 20.0. The first-order valence-electron chi connectivity index (χ1n) is 35.4. The summed E-state index contributed by atoms with van der Waals surface area (Å²) in [5, 5.41) is 286. The van der Waals surface area contributed by atoms with Crippen LogP contribution in [0.15, 0.2) is 0 Å². The molecule has 49 nitrogen and oxygen atoms in total. The Bertz CT molecular complexity index is 2900. The average Bonchev–Trinajstić information content (AvgIpc) is 0.767. The van der Waals surface area contributed by atoms with E-state index in [1.54, 1.807) is 0 Å². The Labute approximate surface area is 629 Å². The second-order valence-corrected chi connectivity index (χ2v) is 28.0. The van der Waals surface area contributed by atoms with Gasteiger partial charge in [-0.3, -0.25) is 19.2 Å². The van der Waals surface area contributed by atoms with Crippen molar-refractivity contribution in [1.29, 1.82) is 0 Å². The quantitative estimate of drug-likeness (QED) is 0.0297. The molecule has 8 fully saturated rings. The zero-order valence-corrected chi connectivity index (χ0v) is 60.1. The van der Waals surface area contributed by atoms with Gasteiger partial charge in [0.1, 0.15) is 207 Å². The number of aliphatic hydroxyl groups is 25. The van der Waals surface area contributed by atoms with Crippen molar-refractivity contribution < 1.29 is 223 Å². The Morgan fingerprint density at radius 2 is 0.703 bits per heavy atom. The lowest BCUT2D eigenvalue weighted by Crippen LogP contribution is -2.70. The van der Waals surface area contributed by atoms with Crippen LogP contribution in [0.4, 0.5) is 0 Å². The summed E-state index contributed by atoms with van der Waals surface area (Å²) in [5.41, 5.74) is 0. The van der Waals surface area contributed by atoms with E-state index in [1.165, 1.54) is 6.92 Å². The van der Waals surface area contributed by atoms with Gasteiger partial charge in [0.2, 0.25) is 23.6 Å². The van der Waals surface area contributed by atoms with Crippen LogP contribution in [0, 0.1) is 0 Å². The normalized spacial score (nSPS) is 46.3. The summed E-state index contributed by atoms with van der Waals surface area (Å²) in [6.07, 6.45) is -82.8. The molecular formula is C62H106N4O45. The van der Waals surface area contributed by atoms with Gasteiger partial charge in [0, 0.05) is 27.7 Å². The highest BCUT2D eigenvalue weighted by Gasteiger charge is 2.60. The van der Waals surface area contributed by atoms with Crippen LogP contribution >= 0.6 is 0 Å². The lowest BCUT2D eigenvalue weighted by Gasteiger charge is -2.50. The smallest absolute Gasteiger partial charge is 0.217 e. The van der Waals surface area contributed by atoms with Crippen molar-refractivity contribution in [1.82, 2.24) is 21.3 Å². The van der Waals surface area contributed by atoms with Gasteiger partial charge in [0.15, 0.2) is 50.3 Å². The van der Waals surface area contributed by atoms with Gasteiger partial charge in [0.05, 0.1) is 71.6 Å². The van der Waals surface area contributed by atoms with E-state index in [2.05, 4.69) is 21.3 Å². The molecule has 44 atom stereocenters. The van der Waals surface area contributed by atoms with E-state index < -0.39 is 353 Å². The van der Waals surface area contributed by atoms with Crippen LogP contribution in [0.1, 0.15) is 34.6 Å². The molecule has 644 valence electrons. The number of rotatable bonds is 32. The molecule has 0 spiro atoms. The van der Waals surface area contributed by atoms with E-state index >= 15 is 0 Å². The molecule has 0 aliphatic carbocycles. The predicted molar refractivity (Wildman–Crippen MR) is 344 cm³/mol. The van der Waals surface area contributed by atoms with Crippen molar-refractivity contribution >= 4 is 23.6 Å². The summed E-state index contributed by atoms with van der Waals surface area (Å²) >= 11 is 0. The van der Waals surface area contributed by atoms with Crippen molar-refractivity contribution in [3.05, 3.63) is 0 Å². The van der Waals surface area contributed by atoms with E-state index in [0.717, 1.165) is 27.7 Å². The van der Waals surface area contributed by atoms with Gasteiger partial charge in [-0.1, -0.05) is 0 Å². The van der Waals surface area contributed by atoms with E-state index in [4.69, 9.17) is 75.8 Å². The molecular weight excluding hydrogens is 1520 g/mol. The van der Waals surface area contributed by atoms with Gasteiger partial charge < -0.3 is 225 Å². The first-order chi connectivity index (χ1) is 52.4. The average molecular weight is 1630 g/mol. The monoisotopic (exact) mass is 1630 g/mol. The third kappa shape index (κ3) is 21.4.